The molecular formula is C22H22ClFN6O2. The van der Waals surface area contributed by atoms with E-state index in [2.05, 4.69) is 10.2 Å². The molecule has 1 aromatic carbocycles. The van der Waals surface area contributed by atoms with E-state index in [-0.39, 0.29) is 29.9 Å². The Kier molecular flexibility index (Phi) is 5.00. The van der Waals surface area contributed by atoms with Crippen LogP contribution in [0.15, 0.2) is 30.5 Å². The van der Waals surface area contributed by atoms with Crippen LogP contribution in [0.5, 0.6) is 0 Å². The molecule has 2 aromatic heterocycles. The molecule has 32 heavy (non-hydrogen) atoms. The SMILES string of the molecule is CN1C(=O)C(N2CCc3c(nn(Cc4ccccc4F)c3Cl)C2=O)CCc2c1cnn2C. The van der Waals surface area contributed by atoms with Gasteiger partial charge in [-0.2, -0.15) is 10.2 Å². The Morgan fingerprint density at radius 3 is 2.75 bits per heavy atom. The average molecular weight is 457 g/mol. The summed E-state index contributed by atoms with van der Waals surface area (Å²) in [6.07, 6.45) is 3.29. The van der Waals surface area contributed by atoms with Crippen LogP contribution in [0.2, 0.25) is 5.15 Å². The van der Waals surface area contributed by atoms with Crippen LogP contribution in [0, 0.1) is 5.82 Å². The number of nitrogens with zero attached hydrogens (tertiary/aromatic N) is 6. The van der Waals surface area contributed by atoms with E-state index < -0.39 is 6.04 Å². The fourth-order valence-electron chi connectivity index (χ4n) is 4.58. The second-order valence-corrected chi connectivity index (χ2v) is 8.53. The van der Waals surface area contributed by atoms with Crippen LogP contribution in [0.25, 0.3) is 0 Å². The van der Waals surface area contributed by atoms with Crippen LogP contribution in [0.1, 0.15) is 33.7 Å². The molecule has 4 heterocycles. The summed E-state index contributed by atoms with van der Waals surface area (Å²) in [6, 6.07) is 5.80. The van der Waals surface area contributed by atoms with Crippen molar-refractivity contribution in [2.45, 2.75) is 31.8 Å². The third kappa shape index (κ3) is 3.19. The van der Waals surface area contributed by atoms with Crippen LogP contribution < -0.4 is 4.90 Å². The summed E-state index contributed by atoms with van der Waals surface area (Å²) in [4.78, 5) is 29.8. The second-order valence-electron chi connectivity index (χ2n) is 8.17. The van der Waals surface area contributed by atoms with Gasteiger partial charge < -0.3 is 9.80 Å². The van der Waals surface area contributed by atoms with Crippen LogP contribution in [-0.4, -0.2) is 55.9 Å². The first-order chi connectivity index (χ1) is 15.4. The Morgan fingerprint density at radius 2 is 1.97 bits per heavy atom. The van der Waals surface area contributed by atoms with E-state index in [1.54, 1.807) is 45.9 Å². The van der Waals surface area contributed by atoms with E-state index in [1.807, 2.05) is 7.05 Å². The van der Waals surface area contributed by atoms with Gasteiger partial charge in [0.05, 0.1) is 24.1 Å². The zero-order chi connectivity index (χ0) is 22.6. The number of carbonyl (C=O) groups is 2. The van der Waals surface area contributed by atoms with E-state index in [0.717, 1.165) is 11.4 Å². The van der Waals surface area contributed by atoms with Crippen molar-refractivity contribution in [2.24, 2.45) is 7.05 Å². The topological polar surface area (TPSA) is 76.3 Å². The molecule has 5 rings (SSSR count). The number of likely N-dealkylation sites (N-methyl/N-ethyl adjacent to an activating group) is 1. The van der Waals surface area contributed by atoms with Gasteiger partial charge in [0.2, 0.25) is 5.91 Å². The van der Waals surface area contributed by atoms with Gasteiger partial charge in [-0.15, -0.1) is 0 Å². The number of carbonyl (C=O) groups excluding carboxylic acids is 2. The van der Waals surface area contributed by atoms with Gasteiger partial charge in [-0.25, -0.2) is 9.07 Å². The Balaban J connectivity index is 1.43. The second kappa shape index (κ2) is 7.74. The highest BCUT2D eigenvalue weighted by Crippen LogP contribution is 2.32. The van der Waals surface area contributed by atoms with Gasteiger partial charge in [0, 0.05) is 31.8 Å². The average Bonchev–Trinajstić information content (AvgIpc) is 3.27. The summed E-state index contributed by atoms with van der Waals surface area (Å²) in [5.41, 5.74) is 3.04. The zero-order valence-electron chi connectivity index (χ0n) is 17.8. The predicted octanol–water partition coefficient (Wildman–Crippen LogP) is 2.43. The van der Waals surface area contributed by atoms with Crippen molar-refractivity contribution < 1.29 is 14.0 Å². The van der Waals surface area contributed by atoms with Crippen molar-refractivity contribution in [3.63, 3.8) is 0 Å². The minimum atomic E-state index is -0.594. The van der Waals surface area contributed by atoms with E-state index >= 15 is 0 Å². The van der Waals surface area contributed by atoms with E-state index in [9.17, 15) is 14.0 Å². The number of hydrogen-bond donors (Lipinski definition) is 0. The van der Waals surface area contributed by atoms with Gasteiger partial charge in [-0.3, -0.25) is 14.3 Å². The minimum Gasteiger partial charge on any atom is -0.325 e. The number of fused-ring (bicyclic) bond motifs is 2. The first kappa shape index (κ1) is 20.7. The summed E-state index contributed by atoms with van der Waals surface area (Å²) >= 11 is 6.51. The molecule has 0 bridgehead atoms. The zero-order valence-corrected chi connectivity index (χ0v) is 18.5. The minimum absolute atomic E-state index is 0.124. The molecule has 0 saturated heterocycles. The lowest BCUT2D eigenvalue weighted by molar-refractivity contribution is -0.122. The number of benzene rings is 1. The molecule has 0 radical (unpaired) electrons. The number of rotatable bonds is 3. The lowest BCUT2D eigenvalue weighted by Gasteiger charge is -2.33. The number of amides is 2. The summed E-state index contributed by atoms with van der Waals surface area (Å²) in [5, 5.41) is 8.99. The van der Waals surface area contributed by atoms with Crippen molar-refractivity contribution in [1.29, 1.82) is 0 Å². The molecule has 8 nitrogen and oxygen atoms in total. The monoisotopic (exact) mass is 456 g/mol. The third-order valence-corrected chi connectivity index (χ3v) is 6.80. The Labute approximate surface area is 189 Å². The van der Waals surface area contributed by atoms with E-state index in [0.29, 0.717) is 42.1 Å². The molecule has 0 saturated carbocycles. The maximum absolute atomic E-state index is 14.1. The molecule has 0 N–H and O–H groups in total. The highest BCUT2D eigenvalue weighted by Gasteiger charge is 2.40. The fraction of sp³-hybridized carbons (Fsp3) is 0.364. The maximum Gasteiger partial charge on any atom is 0.275 e. The molecule has 10 heteroatoms. The van der Waals surface area contributed by atoms with Gasteiger partial charge in [0.1, 0.15) is 17.0 Å². The Hall–Kier alpha value is -3.20. The van der Waals surface area contributed by atoms with Gasteiger partial charge >= 0.3 is 0 Å². The number of anilines is 1. The van der Waals surface area contributed by atoms with Crippen molar-refractivity contribution in [3.8, 4) is 0 Å². The lowest BCUT2D eigenvalue weighted by atomic mass is 10.0. The molecule has 0 aliphatic carbocycles. The molecule has 2 aliphatic heterocycles. The number of aromatic nitrogens is 4. The summed E-state index contributed by atoms with van der Waals surface area (Å²) < 4.78 is 17.3. The van der Waals surface area contributed by atoms with Crippen molar-refractivity contribution >= 4 is 29.1 Å². The van der Waals surface area contributed by atoms with Gasteiger partial charge in [-0.1, -0.05) is 29.8 Å². The van der Waals surface area contributed by atoms with E-state index in [1.165, 1.54) is 10.7 Å². The van der Waals surface area contributed by atoms with Crippen LogP contribution in [0.3, 0.4) is 0 Å². The molecule has 0 spiro atoms. The van der Waals surface area contributed by atoms with Gasteiger partial charge in [0.15, 0.2) is 5.69 Å². The summed E-state index contributed by atoms with van der Waals surface area (Å²) in [7, 11) is 3.56. The molecule has 2 amide bonds. The third-order valence-electron chi connectivity index (χ3n) is 6.37. The molecular weight excluding hydrogens is 435 g/mol. The quantitative estimate of drug-likeness (QED) is 0.606. The fourth-order valence-corrected chi connectivity index (χ4v) is 4.86. The van der Waals surface area contributed by atoms with Crippen LogP contribution >= 0.6 is 11.6 Å². The normalized spacial score (nSPS) is 18.6. The first-order valence-corrected chi connectivity index (χ1v) is 10.8. The lowest BCUT2D eigenvalue weighted by Crippen LogP contribution is -2.52. The van der Waals surface area contributed by atoms with Crippen molar-refractivity contribution in [1.82, 2.24) is 24.5 Å². The standard InChI is InChI=1S/C22H22ClFN6O2/c1-27-18-11-25-28(2)16(18)7-8-17(21(27)31)29-10-9-14-19(22(29)32)26-30(20(14)23)12-13-5-3-4-6-15(13)24/h3-6,11,17H,7-10,12H2,1-2H3. The summed E-state index contributed by atoms with van der Waals surface area (Å²) in [5.74, 6) is -0.826. The molecule has 3 aromatic rings. The van der Waals surface area contributed by atoms with E-state index in [4.69, 9.17) is 11.6 Å². The molecule has 0 fully saturated rings. The molecule has 166 valence electrons. The smallest absolute Gasteiger partial charge is 0.275 e. The number of aryl methyl sites for hydroxylation is 1. The van der Waals surface area contributed by atoms with Gasteiger partial charge in [-0.05, 0) is 25.3 Å². The van der Waals surface area contributed by atoms with Crippen molar-refractivity contribution in [3.05, 3.63) is 63.9 Å². The highest BCUT2D eigenvalue weighted by molar-refractivity contribution is 6.31. The van der Waals surface area contributed by atoms with Crippen LogP contribution in [-0.2, 0) is 31.2 Å². The predicted molar refractivity (Wildman–Crippen MR) is 116 cm³/mol. The molecule has 2 aliphatic rings. The largest absolute Gasteiger partial charge is 0.325 e. The van der Waals surface area contributed by atoms with Crippen molar-refractivity contribution in [2.75, 3.05) is 18.5 Å². The Morgan fingerprint density at radius 1 is 1.19 bits per heavy atom. The number of halogens is 2. The molecule has 1 atom stereocenters. The highest BCUT2D eigenvalue weighted by atomic mass is 35.5. The maximum atomic E-state index is 14.1. The van der Waals surface area contributed by atoms with Crippen LogP contribution in [0.4, 0.5) is 10.1 Å². The Bertz CT molecular complexity index is 1240. The number of hydrogen-bond acceptors (Lipinski definition) is 4. The molecule has 1 unspecified atom stereocenters. The summed E-state index contributed by atoms with van der Waals surface area (Å²) in [6.45, 7) is 0.495. The van der Waals surface area contributed by atoms with Gasteiger partial charge in [0.25, 0.3) is 5.91 Å². The first-order valence-electron chi connectivity index (χ1n) is 10.4.